The molecule has 0 saturated heterocycles. The van der Waals surface area contributed by atoms with Crippen LogP contribution in [0.15, 0.2) is 0 Å². The standard InChI is InChI=1S/C13H18O9/c1-7(15)19-6-12(21-9(3)17)13(22-10(4)18)11(5-14)20-8(2)16/h5,11-13H,6H2,1-4H3/t11-,12-,13+/m0/s1. The average molecular weight is 318 g/mol. The van der Waals surface area contributed by atoms with Crippen LogP contribution in [-0.4, -0.2) is 55.1 Å². The second-order valence-electron chi connectivity index (χ2n) is 4.23. The molecule has 0 radical (unpaired) electrons. The lowest BCUT2D eigenvalue weighted by molar-refractivity contribution is -0.188. The molecule has 0 rings (SSSR count). The monoisotopic (exact) mass is 318 g/mol. The highest BCUT2D eigenvalue weighted by atomic mass is 16.6. The molecule has 3 atom stereocenters. The number of ether oxygens (including phenoxy) is 4. The molecule has 0 aliphatic heterocycles. The van der Waals surface area contributed by atoms with Crippen molar-refractivity contribution in [2.45, 2.75) is 46.0 Å². The van der Waals surface area contributed by atoms with E-state index >= 15 is 0 Å². The summed E-state index contributed by atoms with van der Waals surface area (Å²) < 4.78 is 19.2. The molecule has 9 nitrogen and oxygen atoms in total. The van der Waals surface area contributed by atoms with E-state index in [0.29, 0.717) is 0 Å². The Kier molecular flexibility index (Phi) is 8.42. The van der Waals surface area contributed by atoms with Gasteiger partial charge >= 0.3 is 23.9 Å². The van der Waals surface area contributed by atoms with Crippen molar-refractivity contribution in [2.24, 2.45) is 0 Å². The Morgan fingerprint density at radius 2 is 1.32 bits per heavy atom. The summed E-state index contributed by atoms with van der Waals surface area (Å²) in [5.74, 6) is -3.04. The van der Waals surface area contributed by atoms with E-state index in [2.05, 4.69) is 0 Å². The largest absolute Gasteiger partial charge is 0.462 e. The van der Waals surface area contributed by atoms with Crippen molar-refractivity contribution in [3.05, 3.63) is 0 Å². The van der Waals surface area contributed by atoms with Gasteiger partial charge in [0.25, 0.3) is 0 Å². The average Bonchev–Trinajstić information content (AvgIpc) is 2.37. The molecule has 0 saturated carbocycles. The molecule has 0 heterocycles. The quantitative estimate of drug-likeness (QED) is 0.332. The summed E-state index contributed by atoms with van der Waals surface area (Å²) in [7, 11) is 0. The van der Waals surface area contributed by atoms with Gasteiger partial charge in [-0.2, -0.15) is 0 Å². The zero-order chi connectivity index (χ0) is 17.3. The number of esters is 4. The number of aldehydes is 1. The Balaban J connectivity index is 5.35. The van der Waals surface area contributed by atoms with Crippen LogP contribution < -0.4 is 0 Å². The Bertz CT molecular complexity index is 443. The Morgan fingerprint density at radius 3 is 1.68 bits per heavy atom. The van der Waals surface area contributed by atoms with E-state index in [0.717, 1.165) is 27.7 Å². The summed E-state index contributed by atoms with van der Waals surface area (Å²) in [4.78, 5) is 55.2. The van der Waals surface area contributed by atoms with Gasteiger partial charge in [-0.1, -0.05) is 0 Å². The fourth-order valence-corrected chi connectivity index (χ4v) is 1.52. The van der Waals surface area contributed by atoms with Crippen molar-refractivity contribution >= 4 is 30.2 Å². The van der Waals surface area contributed by atoms with Crippen molar-refractivity contribution in [3.8, 4) is 0 Å². The molecule has 0 N–H and O–H groups in total. The van der Waals surface area contributed by atoms with Crippen molar-refractivity contribution in [1.82, 2.24) is 0 Å². The zero-order valence-corrected chi connectivity index (χ0v) is 12.7. The van der Waals surface area contributed by atoms with Gasteiger partial charge in [0.2, 0.25) is 0 Å². The summed E-state index contributed by atoms with van der Waals surface area (Å²) in [5.41, 5.74) is 0. The predicted octanol–water partition coefficient (Wildman–Crippen LogP) is -0.456. The van der Waals surface area contributed by atoms with E-state index in [1.807, 2.05) is 0 Å². The summed E-state index contributed by atoms with van der Waals surface area (Å²) >= 11 is 0. The minimum atomic E-state index is -1.51. The van der Waals surface area contributed by atoms with Crippen LogP contribution in [0.3, 0.4) is 0 Å². The second kappa shape index (κ2) is 9.48. The fraction of sp³-hybridized carbons (Fsp3) is 0.615. The van der Waals surface area contributed by atoms with Crippen LogP contribution >= 0.6 is 0 Å². The highest BCUT2D eigenvalue weighted by Crippen LogP contribution is 2.13. The SMILES string of the molecule is CC(=O)OC[C@H](OC(C)=O)[C@H](OC(C)=O)[C@H](C=O)OC(C)=O. The molecule has 22 heavy (non-hydrogen) atoms. The molecule has 9 heteroatoms. The lowest BCUT2D eigenvalue weighted by atomic mass is 10.1. The number of rotatable bonds is 8. The van der Waals surface area contributed by atoms with Crippen molar-refractivity contribution in [3.63, 3.8) is 0 Å². The van der Waals surface area contributed by atoms with E-state index in [1.165, 1.54) is 0 Å². The van der Waals surface area contributed by atoms with Crippen LogP contribution in [0.25, 0.3) is 0 Å². The normalized spacial score (nSPS) is 14.0. The van der Waals surface area contributed by atoms with Gasteiger partial charge in [-0.15, -0.1) is 0 Å². The van der Waals surface area contributed by atoms with Crippen molar-refractivity contribution < 1.29 is 42.9 Å². The Labute approximate surface area is 126 Å². The van der Waals surface area contributed by atoms with Crippen molar-refractivity contribution in [1.29, 1.82) is 0 Å². The molecule has 0 unspecified atom stereocenters. The maximum Gasteiger partial charge on any atom is 0.303 e. The second-order valence-corrected chi connectivity index (χ2v) is 4.23. The highest BCUT2D eigenvalue weighted by molar-refractivity contribution is 5.72. The molecule has 124 valence electrons. The van der Waals surface area contributed by atoms with E-state index in [-0.39, 0.29) is 6.29 Å². The van der Waals surface area contributed by atoms with E-state index < -0.39 is 48.8 Å². The number of carbonyl (C=O) groups is 5. The summed E-state index contributed by atoms with van der Waals surface area (Å²) in [6.45, 7) is 3.83. The minimum Gasteiger partial charge on any atom is -0.462 e. The molecule has 0 aliphatic carbocycles. The van der Waals surface area contributed by atoms with E-state index in [4.69, 9.17) is 18.9 Å². The summed E-state index contributed by atoms with van der Waals surface area (Å²) in [6, 6.07) is 0. The first-order chi connectivity index (χ1) is 10.2. The van der Waals surface area contributed by atoms with Gasteiger partial charge in [0.15, 0.2) is 24.6 Å². The third-order valence-corrected chi connectivity index (χ3v) is 2.20. The van der Waals surface area contributed by atoms with Gasteiger partial charge in [-0.05, 0) is 0 Å². The fourth-order valence-electron chi connectivity index (χ4n) is 1.52. The van der Waals surface area contributed by atoms with E-state index in [9.17, 15) is 24.0 Å². The third-order valence-electron chi connectivity index (χ3n) is 2.20. The first-order valence-electron chi connectivity index (χ1n) is 6.27. The van der Waals surface area contributed by atoms with Crippen LogP contribution in [0, 0.1) is 0 Å². The molecule has 0 aromatic rings. The van der Waals surface area contributed by atoms with Gasteiger partial charge in [0.05, 0.1) is 0 Å². The maximum atomic E-state index is 11.2. The minimum absolute atomic E-state index is 0.221. The molecular formula is C13H18O9. The molecule has 0 fully saturated rings. The molecular weight excluding hydrogens is 300 g/mol. The number of hydrogen-bond acceptors (Lipinski definition) is 9. The van der Waals surface area contributed by atoms with Crippen LogP contribution in [0.2, 0.25) is 0 Å². The Morgan fingerprint density at radius 1 is 0.818 bits per heavy atom. The van der Waals surface area contributed by atoms with Gasteiger partial charge in [-0.25, -0.2) is 0 Å². The van der Waals surface area contributed by atoms with Crippen LogP contribution in [0.1, 0.15) is 27.7 Å². The van der Waals surface area contributed by atoms with Crippen LogP contribution in [0.5, 0.6) is 0 Å². The predicted molar refractivity (Wildman–Crippen MR) is 69.4 cm³/mol. The van der Waals surface area contributed by atoms with E-state index in [1.54, 1.807) is 0 Å². The van der Waals surface area contributed by atoms with Crippen LogP contribution in [-0.2, 0) is 42.9 Å². The molecule has 0 aromatic heterocycles. The first-order valence-corrected chi connectivity index (χ1v) is 6.27. The zero-order valence-electron chi connectivity index (χ0n) is 12.7. The first kappa shape index (κ1) is 19.6. The third kappa shape index (κ3) is 7.98. The lowest BCUT2D eigenvalue weighted by Crippen LogP contribution is -2.48. The van der Waals surface area contributed by atoms with Crippen LogP contribution in [0.4, 0.5) is 0 Å². The molecule has 0 spiro atoms. The molecule has 0 aliphatic rings. The lowest BCUT2D eigenvalue weighted by Gasteiger charge is -2.28. The summed E-state index contributed by atoms with van der Waals surface area (Å²) in [5, 5.41) is 0. The highest BCUT2D eigenvalue weighted by Gasteiger charge is 2.37. The van der Waals surface area contributed by atoms with Gasteiger partial charge < -0.3 is 18.9 Å². The smallest absolute Gasteiger partial charge is 0.303 e. The number of carbonyl (C=O) groups excluding carboxylic acids is 5. The topological polar surface area (TPSA) is 122 Å². The van der Waals surface area contributed by atoms with Gasteiger partial charge in [0, 0.05) is 27.7 Å². The maximum absolute atomic E-state index is 11.2. The van der Waals surface area contributed by atoms with Crippen molar-refractivity contribution in [2.75, 3.05) is 6.61 Å². The number of hydrogen-bond donors (Lipinski definition) is 0. The van der Waals surface area contributed by atoms with Gasteiger partial charge in [0.1, 0.15) is 6.61 Å². The Hall–Kier alpha value is -2.45. The molecule has 0 aromatic carbocycles. The molecule has 0 amide bonds. The molecule has 0 bridgehead atoms. The van der Waals surface area contributed by atoms with Gasteiger partial charge in [-0.3, -0.25) is 24.0 Å². The summed E-state index contributed by atoms with van der Waals surface area (Å²) in [6.07, 6.45) is -4.04.